The zero-order chi connectivity index (χ0) is 9.16. The van der Waals surface area contributed by atoms with Crippen molar-refractivity contribution in [3.8, 4) is 0 Å². The van der Waals surface area contributed by atoms with Crippen molar-refractivity contribution in [1.82, 2.24) is 0 Å². The number of aliphatic hydroxyl groups excluding tert-OH is 3. The van der Waals surface area contributed by atoms with Crippen LogP contribution >= 0.6 is 0 Å². The summed E-state index contributed by atoms with van der Waals surface area (Å²) in [5.74, 6) is 0. The molecule has 0 spiro atoms. The predicted octanol–water partition coefficient (Wildman–Crippen LogP) is -2.45. The average Bonchev–Trinajstić information content (AvgIpc) is 2.12. The van der Waals surface area contributed by atoms with Crippen LogP contribution in [0.25, 0.3) is 0 Å². The van der Waals surface area contributed by atoms with E-state index in [9.17, 15) is 15.3 Å². The largest absolute Gasteiger partial charge is 0.387 e. The van der Waals surface area contributed by atoms with E-state index >= 15 is 0 Å². The zero-order valence-electron chi connectivity index (χ0n) is 6.61. The molecule has 3 N–H and O–H groups in total. The number of aliphatic hydroxyl groups is 3. The van der Waals surface area contributed by atoms with Crippen molar-refractivity contribution >= 4 is 0 Å². The van der Waals surface area contributed by atoms with Crippen molar-refractivity contribution in [2.24, 2.45) is 0 Å². The van der Waals surface area contributed by atoms with Crippen molar-refractivity contribution in [2.75, 3.05) is 0 Å². The molecule has 3 heterocycles. The van der Waals surface area contributed by atoms with Gasteiger partial charge in [0.25, 0.3) is 6.48 Å². The van der Waals surface area contributed by atoms with Gasteiger partial charge in [0.15, 0.2) is 0 Å². The van der Waals surface area contributed by atoms with Crippen LogP contribution < -0.4 is 0 Å². The molecule has 74 valence electrons. The van der Waals surface area contributed by atoms with E-state index in [0.29, 0.717) is 0 Å². The minimum Gasteiger partial charge on any atom is -0.387 e. The molecule has 4 fully saturated rings. The maximum atomic E-state index is 9.54. The molecule has 0 amide bonds. The first-order valence-electron chi connectivity index (χ1n) is 4.19. The zero-order valence-corrected chi connectivity index (χ0v) is 6.61. The van der Waals surface area contributed by atoms with E-state index in [1.54, 1.807) is 0 Å². The van der Waals surface area contributed by atoms with E-state index in [-0.39, 0.29) is 0 Å². The Bertz CT molecular complexity index is 183. The van der Waals surface area contributed by atoms with Crippen molar-refractivity contribution < 1.29 is 29.5 Å². The lowest BCUT2D eigenvalue weighted by atomic mass is 9.83. The van der Waals surface area contributed by atoms with E-state index in [4.69, 9.17) is 14.2 Å². The van der Waals surface area contributed by atoms with Gasteiger partial charge in [-0.05, 0) is 0 Å². The fraction of sp³-hybridized carbons (Fsp3) is 1.00. The Morgan fingerprint density at radius 2 is 0.923 bits per heavy atom. The van der Waals surface area contributed by atoms with Gasteiger partial charge in [0.05, 0.1) is 0 Å². The van der Waals surface area contributed by atoms with Crippen LogP contribution in [0.15, 0.2) is 0 Å². The van der Waals surface area contributed by atoms with Crippen LogP contribution in [0.4, 0.5) is 0 Å². The highest BCUT2D eigenvalue weighted by molar-refractivity contribution is 5.05. The fourth-order valence-electron chi connectivity index (χ4n) is 2.13. The van der Waals surface area contributed by atoms with Crippen LogP contribution in [0.1, 0.15) is 0 Å². The van der Waals surface area contributed by atoms with Crippen LogP contribution in [0.3, 0.4) is 0 Å². The Kier molecular flexibility index (Phi) is 1.50. The summed E-state index contributed by atoms with van der Waals surface area (Å²) in [7, 11) is 0. The Labute approximate surface area is 73.6 Å². The third-order valence-electron chi connectivity index (χ3n) is 2.82. The molecule has 4 rings (SSSR count). The standard InChI is InChI=1S/C7H10O6/c8-1-4-2(9)6-3(10)5(1)12-7(11-4)13-6/h1-10H/t1-,2?,3?,4?,5?,6-,7?. The third-order valence-corrected chi connectivity index (χ3v) is 2.82. The van der Waals surface area contributed by atoms with Crippen molar-refractivity contribution in [3.05, 3.63) is 0 Å². The molecule has 0 aromatic heterocycles. The summed E-state index contributed by atoms with van der Waals surface area (Å²) >= 11 is 0. The van der Waals surface area contributed by atoms with Gasteiger partial charge in [-0.1, -0.05) is 0 Å². The molecule has 1 aliphatic carbocycles. The van der Waals surface area contributed by atoms with Gasteiger partial charge in [-0.15, -0.1) is 0 Å². The molecule has 0 aromatic rings. The molecule has 3 aliphatic heterocycles. The maximum Gasteiger partial charge on any atom is 0.272 e. The maximum absolute atomic E-state index is 9.54. The quantitative estimate of drug-likeness (QED) is 0.393. The monoisotopic (exact) mass is 190 g/mol. The molecule has 0 aromatic carbocycles. The van der Waals surface area contributed by atoms with Crippen molar-refractivity contribution in [1.29, 1.82) is 0 Å². The first kappa shape index (κ1) is 8.10. The molecule has 0 atom stereocenters. The highest BCUT2D eigenvalue weighted by Crippen LogP contribution is 2.39. The lowest BCUT2D eigenvalue weighted by Gasteiger charge is -2.55. The summed E-state index contributed by atoms with van der Waals surface area (Å²) in [6, 6.07) is 0. The Balaban J connectivity index is 1.97. The topological polar surface area (TPSA) is 88.4 Å². The molecule has 1 saturated carbocycles. The van der Waals surface area contributed by atoms with Crippen LogP contribution in [-0.2, 0) is 14.2 Å². The molecular weight excluding hydrogens is 180 g/mol. The molecule has 6 heteroatoms. The molecule has 0 radical (unpaired) electrons. The normalized spacial score (nSPS) is 64.4. The minimum atomic E-state index is -0.985. The average molecular weight is 190 g/mol. The molecule has 3 saturated heterocycles. The second kappa shape index (κ2) is 2.41. The Hall–Kier alpha value is -0.240. The Morgan fingerprint density at radius 1 is 0.615 bits per heavy atom. The number of ether oxygens (including phenoxy) is 3. The number of hydrogen-bond donors (Lipinski definition) is 3. The summed E-state index contributed by atoms with van der Waals surface area (Å²) in [5.41, 5.74) is 0. The Morgan fingerprint density at radius 3 is 1.23 bits per heavy atom. The molecule has 0 unspecified atom stereocenters. The van der Waals surface area contributed by atoms with E-state index in [1.165, 1.54) is 0 Å². The second-order valence-electron chi connectivity index (χ2n) is 3.56. The summed E-state index contributed by atoms with van der Waals surface area (Å²) in [6.45, 7) is -0.852. The summed E-state index contributed by atoms with van der Waals surface area (Å²) in [6.07, 6.45) is -5.06. The SMILES string of the molecule is OC1C2OC3OC(C(O)[C@H]1O3)[C@H]2O. The van der Waals surface area contributed by atoms with Gasteiger partial charge in [0.1, 0.15) is 36.6 Å². The summed E-state index contributed by atoms with van der Waals surface area (Å²) in [4.78, 5) is 0. The fourth-order valence-corrected chi connectivity index (χ4v) is 2.13. The summed E-state index contributed by atoms with van der Waals surface area (Å²) in [5, 5.41) is 28.6. The highest BCUT2D eigenvalue weighted by atomic mass is 16.9. The molecule has 4 aliphatic rings. The highest BCUT2D eigenvalue weighted by Gasteiger charge is 2.60. The third kappa shape index (κ3) is 0.876. The van der Waals surface area contributed by atoms with Gasteiger partial charge in [0, 0.05) is 0 Å². The number of rotatable bonds is 0. The van der Waals surface area contributed by atoms with E-state index in [1.807, 2.05) is 0 Å². The van der Waals surface area contributed by atoms with Crippen LogP contribution in [0.2, 0.25) is 0 Å². The van der Waals surface area contributed by atoms with Crippen molar-refractivity contribution in [3.63, 3.8) is 0 Å². The first-order valence-corrected chi connectivity index (χ1v) is 4.19. The minimum absolute atomic E-state index is 0.703. The molecular formula is C7H10O6. The smallest absolute Gasteiger partial charge is 0.272 e. The lowest BCUT2D eigenvalue weighted by Crippen LogP contribution is -2.75. The van der Waals surface area contributed by atoms with Gasteiger partial charge >= 0.3 is 0 Å². The second-order valence-corrected chi connectivity index (χ2v) is 3.56. The summed E-state index contributed by atoms with van der Waals surface area (Å²) < 4.78 is 15.1. The van der Waals surface area contributed by atoms with Crippen LogP contribution in [-0.4, -0.2) is 58.4 Å². The van der Waals surface area contributed by atoms with Crippen LogP contribution in [0.5, 0.6) is 0 Å². The van der Waals surface area contributed by atoms with E-state index in [2.05, 4.69) is 0 Å². The predicted molar refractivity (Wildman–Crippen MR) is 36.4 cm³/mol. The van der Waals surface area contributed by atoms with Crippen molar-refractivity contribution in [2.45, 2.75) is 43.1 Å². The van der Waals surface area contributed by atoms with Gasteiger partial charge < -0.3 is 29.5 Å². The molecule has 13 heavy (non-hydrogen) atoms. The first-order chi connectivity index (χ1) is 6.18. The van der Waals surface area contributed by atoms with E-state index < -0.39 is 43.1 Å². The van der Waals surface area contributed by atoms with E-state index in [0.717, 1.165) is 0 Å². The molecule has 4 bridgehead atoms. The van der Waals surface area contributed by atoms with Gasteiger partial charge in [-0.25, -0.2) is 0 Å². The lowest BCUT2D eigenvalue weighted by molar-refractivity contribution is -0.481. The van der Waals surface area contributed by atoms with Gasteiger partial charge in [-0.2, -0.15) is 0 Å². The van der Waals surface area contributed by atoms with Crippen LogP contribution in [0, 0.1) is 0 Å². The van der Waals surface area contributed by atoms with Gasteiger partial charge in [0.2, 0.25) is 0 Å². The number of hydrogen-bond acceptors (Lipinski definition) is 6. The molecule has 6 nitrogen and oxygen atoms in total. The van der Waals surface area contributed by atoms with Gasteiger partial charge in [-0.3, -0.25) is 0 Å².